The van der Waals surface area contributed by atoms with Crippen LogP contribution in [0.2, 0.25) is 0 Å². The van der Waals surface area contributed by atoms with Crippen LogP contribution in [-0.4, -0.2) is 23.7 Å². The van der Waals surface area contributed by atoms with E-state index in [1.165, 1.54) is 21.5 Å². The van der Waals surface area contributed by atoms with Crippen molar-refractivity contribution < 1.29 is 0 Å². The monoisotopic (exact) mass is 878 g/mol. The van der Waals surface area contributed by atoms with E-state index in [0.717, 1.165) is 72.1 Å². The van der Waals surface area contributed by atoms with Crippen LogP contribution in [0.25, 0.3) is 116 Å². The van der Waals surface area contributed by atoms with Gasteiger partial charge in [-0.05, 0) is 103 Å². The molecule has 9 aromatic carbocycles. The quantitative estimate of drug-likeness (QED) is 0.165. The molecule has 0 bridgehead atoms. The van der Waals surface area contributed by atoms with E-state index in [9.17, 15) is 15.8 Å². The number of hydrogen-bond acceptors (Lipinski definition) is 5. The minimum atomic E-state index is 0.421. The third-order valence-electron chi connectivity index (χ3n) is 13.3. The highest BCUT2D eigenvalue weighted by atomic mass is 15.0. The number of rotatable bonds is 6. The summed E-state index contributed by atoms with van der Waals surface area (Å²) in [6.45, 7) is 0. The number of nitriles is 3. The van der Waals surface area contributed by atoms with Gasteiger partial charge >= 0.3 is 0 Å². The van der Waals surface area contributed by atoms with Crippen molar-refractivity contribution in [2.45, 2.75) is 0 Å². The molecular formula is C61H34N8. The predicted octanol–water partition coefficient (Wildman–Crippen LogP) is 14.4. The minimum absolute atomic E-state index is 0.421. The molecule has 13 rings (SSSR count). The van der Waals surface area contributed by atoms with E-state index in [1.807, 2.05) is 48.5 Å². The van der Waals surface area contributed by atoms with E-state index >= 15 is 0 Å². The highest BCUT2D eigenvalue weighted by molar-refractivity contribution is 6.14. The maximum atomic E-state index is 11.1. The van der Waals surface area contributed by atoms with Crippen LogP contribution in [0.5, 0.6) is 0 Å². The van der Waals surface area contributed by atoms with Gasteiger partial charge in [0.25, 0.3) is 0 Å². The summed E-state index contributed by atoms with van der Waals surface area (Å²) in [4.78, 5) is 9.97. The summed E-state index contributed by atoms with van der Waals surface area (Å²) in [6, 6.07) is 76.8. The summed E-state index contributed by atoms with van der Waals surface area (Å²) in [6.07, 6.45) is 0. The summed E-state index contributed by atoms with van der Waals surface area (Å²) in [5, 5.41) is 37.4. The zero-order chi connectivity index (χ0) is 46.2. The Morgan fingerprint density at radius 1 is 0.319 bits per heavy atom. The fourth-order valence-corrected chi connectivity index (χ4v) is 10.3. The molecule has 0 aliphatic rings. The molecule has 8 heteroatoms. The van der Waals surface area contributed by atoms with Crippen molar-refractivity contribution >= 4 is 65.4 Å². The van der Waals surface area contributed by atoms with Crippen LogP contribution in [0.15, 0.2) is 206 Å². The molecule has 0 aliphatic heterocycles. The van der Waals surface area contributed by atoms with Gasteiger partial charge < -0.3 is 13.7 Å². The lowest BCUT2D eigenvalue weighted by molar-refractivity contribution is 1.15. The topological polar surface area (TPSA) is 112 Å². The van der Waals surface area contributed by atoms with E-state index in [0.29, 0.717) is 39.5 Å². The minimum Gasteiger partial charge on any atom is -0.309 e. The van der Waals surface area contributed by atoms with Gasteiger partial charge in [0.05, 0.1) is 79.0 Å². The molecule has 4 aromatic heterocycles. The van der Waals surface area contributed by atoms with Crippen LogP contribution < -0.4 is 0 Å². The number of para-hydroxylation sites is 4. The number of fused-ring (bicyclic) bond motifs is 9. The number of aromatic nitrogens is 5. The highest BCUT2D eigenvalue weighted by Crippen LogP contribution is 2.41. The first kappa shape index (κ1) is 39.3. The summed E-state index contributed by atoms with van der Waals surface area (Å²) in [5.41, 5.74) is 14.0. The average molecular weight is 879 g/mol. The predicted molar refractivity (Wildman–Crippen MR) is 276 cm³/mol. The van der Waals surface area contributed by atoms with Crippen molar-refractivity contribution in [3.05, 3.63) is 223 Å². The van der Waals surface area contributed by atoms with Gasteiger partial charge in [0.1, 0.15) is 6.07 Å². The van der Waals surface area contributed by atoms with Gasteiger partial charge in [0, 0.05) is 60.4 Å². The molecule has 0 spiro atoms. The normalized spacial score (nSPS) is 11.4. The fraction of sp³-hybridized carbons (Fsp3) is 0. The van der Waals surface area contributed by atoms with Crippen LogP contribution in [0, 0.1) is 34.0 Å². The summed E-state index contributed by atoms with van der Waals surface area (Å²) < 4.78 is 6.89. The number of nitrogens with zero attached hydrogens (tertiary/aromatic N) is 8. The van der Waals surface area contributed by atoms with Crippen molar-refractivity contribution in [1.29, 1.82) is 15.8 Å². The smallest absolute Gasteiger partial charge is 0.160 e. The van der Waals surface area contributed by atoms with Gasteiger partial charge in [0.15, 0.2) is 5.82 Å². The van der Waals surface area contributed by atoms with Crippen LogP contribution >= 0.6 is 0 Å². The molecule has 0 atom stereocenters. The lowest BCUT2D eigenvalue weighted by atomic mass is 10.0. The highest BCUT2D eigenvalue weighted by Gasteiger charge is 2.21. The first-order chi connectivity index (χ1) is 34.1. The summed E-state index contributed by atoms with van der Waals surface area (Å²) >= 11 is 0. The largest absolute Gasteiger partial charge is 0.309 e. The fourth-order valence-electron chi connectivity index (χ4n) is 10.3. The standard InChI is InChI=1S/C61H34N8/c62-35-38-11-9-13-40(29-38)52-34-53(66-61(65-52)42-14-10-12-39(30-42)36-63)41-23-26-54(43(31-41)37-64)69-59-27-24-44(67-55-19-5-1-15-46(55)47-16-2-6-20-56(47)67)32-50(59)51-33-45(25-28-60(51)69)68-57-21-7-3-17-48(57)49-18-4-8-22-58(49)68/h1-34H. The van der Waals surface area contributed by atoms with Crippen molar-refractivity contribution in [2.24, 2.45) is 0 Å². The van der Waals surface area contributed by atoms with Gasteiger partial charge in [-0.25, -0.2) is 9.97 Å². The Kier molecular flexibility index (Phi) is 8.85. The molecule has 0 fully saturated rings. The molecule has 318 valence electrons. The summed E-state index contributed by atoms with van der Waals surface area (Å²) in [5.74, 6) is 0.421. The van der Waals surface area contributed by atoms with Crippen LogP contribution in [0.4, 0.5) is 0 Å². The van der Waals surface area contributed by atoms with Gasteiger partial charge in [0.2, 0.25) is 0 Å². The van der Waals surface area contributed by atoms with Crippen molar-refractivity contribution in [3.8, 4) is 69.2 Å². The van der Waals surface area contributed by atoms with E-state index in [2.05, 4.69) is 165 Å². The first-order valence-electron chi connectivity index (χ1n) is 22.6. The Bertz CT molecular complexity index is 4080. The molecule has 0 radical (unpaired) electrons. The second-order valence-corrected chi connectivity index (χ2v) is 17.2. The van der Waals surface area contributed by atoms with E-state index in [1.54, 1.807) is 24.3 Å². The van der Waals surface area contributed by atoms with Crippen LogP contribution in [-0.2, 0) is 0 Å². The Morgan fingerprint density at radius 2 is 0.754 bits per heavy atom. The Morgan fingerprint density at radius 3 is 1.23 bits per heavy atom. The molecular weight excluding hydrogens is 845 g/mol. The van der Waals surface area contributed by atoms with Crippen molar-refractivity contribution in [1.82, 2.24) is 23.7 Å². The third kappa shape index (κ3) is 6.20. The average Bonchev–Trinajstić information content (AvgIpc) is 4.05. The number of benzene rings is 9. The Labute approximate surface area is 395 Å². The summed E-state index contributed by atoms with van der Waals surface area (Å²) in [7, 11) is 0. The molecule has 0 aliphatic carbocycles. The SMILES string of the molecule is N#Cc1cccc(-c2cc(-c3ccc(-n4c5ccc(-n6c7ccccc7c7ccccc76)cc5c5cc(-n6c7ccccc7c7ccccc76)ccc54)c(C#N)c3)nc(-c3cccc(C#N)c3)n2)c1. The van der Waals surface area contributed by atoms with Gasteiger partial charge in [-0.3, -0.25) is 0 Å². The third-order valence-corrected chi connectivity index (χ3v) is 13.3. The molecule has 13 aromatic rings. The molecule has 0 unspecified atom stereocenters. The van der Waals surface area contributed by atoms with Gasteiger partial charge in [-0.1, -0.05) is 103 Å². The Hall–Kier alpha value is -10.1. The zero-order valence-electron chi connectivity index (χ0n) is 36.7. The molecule has 0 N–H and O–H groups in total. The van der Waals surface area contributed by atoms with Gasteiger partial charge in [-0.15, -0.1) is 0 Å². The molecule has 4 heterocycles. The second-order valence-electron chi connectivity index (χ2n) is 17.2. The molecule has 0 saturated carbocycles. The maximum absolute atomic E-state index is 11.1. The van der Waals surface area contributed by atoms with Gasteiger partial charge in [-0.2, -0.15) is 15.8 Å². The van der Waals surface area contributed by atoms with E-state index < -0.39 is 0 Å². The molecule has 0 amide bonds. The van der Waals surface area contributed by atoms with Crippen molar-refractivity contribution in [3.63, 3.8) is 0 Å². The van der Waals surface area contributed by atoms with E-state index in [-0.39, 0.29) is 0 Å². The molecule has 69 heavy (non-hydrogen) atoms. The van der Waals surface area contributed by atoms with Crippen molar-refractivity contribution in [2.75, 3.05) is 0 Å². The van der Waals surface area contributed by atoms with Crippen LogP contribution in [0.1, 0.15) is 16.7 Å². The first-order valence-corrected chi connectivity index (χ1v) is 22.6. The lowest BCUT2D eigenvalue weighted by Gasteiger charge is -2.14. The lowest BCUT2D eigenvalue weighted by Crippen LogP contribution is -2.00. The van der Waals surface area contributed by atoms with E-state index in [4.69, 9.17) is 9.97 Å². The maximum Gasteiger partial charge on any atom is 0.160 e. The van der Waals surface area contributed by atoms with Crippen LogP contribution in [0.3, 0.4) is 0 Å². The molecule has 0 saturated heterocycles. The molecule has 8 nitrogen and oxygen atoms in total. The second kappa shape index (κ2) is 15.5. The Balaban J connectivity index is 1.04. The number of hydrogen-bond donors (Lipinski definition) is 0. The zero-order valence-corrected chi connectivity index (χ0v) is 36.7.